The maximum atomic E-state index is 12.9. The van der Waals surface area contributed by atoms with Gasteiger partial charge in [-0.1, -0.05) is 18.2 Å². The first-order chi connectivity index (χ1) is 13.7. The summed E-state index contributed by atoms with van der Waals surface area (Å²) < 4.78 is 43.8. The van der Waals surface area contributed by atoms with Crippen LogP contribution in [0, 0.1) is 0 Å². The number of hydrogen-bond donors (Lipinski definition) is 2. The molecule has 0 unspecified atom stereocenters. The van der Waals surface area contributed by atoms with E-state index < -0.39 is 17.6 Å². The maximum absolute atomic E-state index is 12.9. The normalized spacial score (nSPS) is 16.9. The lowest BCUT2D eigenvalue weighted by Gasteiger charge is -2.07. The Bertz CT molecular complexity index is 1000. The quantitative estimate of drug-likeness (QED) is 0.760. The van der Waals surface area contributed by atoms with Crippen LogP contribution in [-0.2, 0) is 11.0 Å². The van der Waals surface area contributed by atoms with Gasteiger partial charge in [0.1, 0.15) is 11.6 Å². The largest absolute Gasteiger partial charge is 0.484 e. The highest BCUT2D eigenvalue weighted by Gasteiger charge is 2.30. The minimum Gasteiger partial charge on any atom is -0.484 e. The Hall–Kier alpha value is -3.27. The number of alkyl halides is 3. The molecule has 0 radical (unpaired) electrons. The predicted molar refractivity (Wildman–Crippen MR) is 104 cm³/mol. The number of primary amides is 1. The van der Waals surface area contributed by atoms with E-state index in [1.54, 1.807) is 30.3 Å². The smallest absolute Gasteiger partial charge is 0.416 e. The summed E-state index contributed by atoms with van der Waals surface area (Å²) in [5, 5.41) is 2.14. The van der Waals surface area contributed by atoms with Gasteiger partial charge in [-0.05, 0) is 53.7 Å². The molecule has 1 heterocycles. The fourth-order valence-electron chi connectivity index (χ4n) is 2.36. The van der Waals surface area contributed by atoms with E-state index in [2.05, 4.69) is 10.3 Å². The Kier molecular flexibility index (Phi) is 5.92. The van der Waals surface area contributed by atoms with Crippen molar-refractivity contribution in [3.8, 4) is 5.75 Å². The average molecular weight is 421 g/mol. The molecule has 0 atom stereocenters. The van der Waals surface area contributed by atoms with Crippen LogP contribution in [0.3, 0.4) is 0 Å². The summed E-state index contributed by atoms with van der Waals surface area (Å²) in [6, 6.07) is 11.1. The van der Waals surface area contributed by atoms with Crippen LogP contribution in [0.1, 0.15) is 11.1 Å². The first kappa shape index (κ1) is 20.5. The summed E-state index contributed by atoms with van der Waals surface area (Å²) in [5.41, 5.74) is 4.96. The van der Waals surface area contributed by atoms with E-state index in [0.29, 0.717) is 16.2 Å². The van der Waals surface area contributed by atoms with Gasteiger partial charge >= 0.3 is 6.18 Å². The number of thioether (sulfide) groups is 1. The van der Waals surface area contributed by atoms with Crippen molar-refractivity contribution in [3.63, 3.8) is 0 Å². The van der Waals surface area contributed by atoms with Crippen LogP contribution >= 0.6 is 11.8 Å². The Balaban J connectivity index is 1.84. The van der Waals surface area contributed by atoms with Crippen LogP contribution in [0.15, 0.2) is 58.4 Å². The lowest BCUT2D eigenvalue weighted by atomic mass is 10.2. The van der Waals surface area contributed by atoms with Crippen LogP contribution in [0.5, 0.6) is 5.75 Å². The molecule has 1 aliphatic rings. The molecule has 0 bridgehead atoms. The number of hydrogen-bond acceptors (Lipinski definition) is 5. The van der Waals surface area contributed by atoms with E-state index in [-0.39, 0.29) is 23.4 Å². The maximum Gasteiger partial charge on any atom is 0.416 e. The number of aliphatic imine (C=N–C) groups is 1. The minimum atomic E-state index is -4.49. The van der Waals surface area contributed by atoms with E-state index in [9.17, 15) is 22.8 Å². The molecule has 2 aromatic rings. The standard InChI is InChI=1S/C19H14F3N3O3S/c20-19(21,22)12-2-1-3-13(9-12)24-17-15(29-18(27)25-17)8-11-4-6-14(7-5-11)28-10-16(23)26/h1-9H,10H2,(H2,23,26)(H,24,25,27)/b15-8-. The molecule has 29 heavy (non-hydrogen) atoms. The Morgan fingerprint density at radius 2 is 1.93 bits per heavy atom. The van der Waals surface area contributed by atoms with Gasteiger partial charge < -0.3 is 15.8 Å². The highest BCUT2D eigenvalue weighted by atomic mass is 32.2. The number of ether oxygens (including phenoxy) is 1. The molecule has 0 aromatic heterocycles. The van der Waals surface area contributed by atoms with E-state index in [1.165, 1.54) is 12.1 Å². The third kappa shape index (κ3) is 5.61. The average Bonchev–Trinajstić information content (AvgIpc) is 2.99. The minimum absolute atomic E-state index is 0.0683. The van der Waals surface area contributed by atoms with Crippen LogP contribution in [-0.4, -0.2) is 23.6 Å². The molecule has 0 saturated carbocycles. The lowest BCUT2D eigenvalue weighted by Crippen LogP contribution is -2.19. The topological polar surface area (TPSA) is 93.8 Å². The zero-order valence-corrected chi connectivity index (χ0v) is 15.5. The van der Waals surface area contributed by atoms with E-state index in [4.69, 9.17) is 10.5 Å². The van der Waals surface area contributed by atoms with Gasteiger partial charge in [-0.3, -0.25) is 9.59 Å². The van der Waals surface area contributed by atoms with E-state index >= 15 is 0 Å². The molecule has 0 aliphatic carbocycles. The Morgan fingerprint density at radius 3 is 2.59 bits per heavy atom. The third-order valence-corrected chi connectivity index (χ3v) is 4.45. The number of nitrogens with two attached hydrogens (primary N) is 1. The number of carbonyl (C=O) groups is 2. The molecule has 3 N–H and O–H groups in total. The molecule has 10 heteroatoms. The molecule has 1 fully saturated rings. The van der Waals surface area contributed by atoms with E-state index in [0.717, 1.165) is 23.9 Å². The molecule has 1 saturated heterocycles. The molecular formula is C19H14F3N3O3S. The third-order valence-electron chi connectivity index (χ3n) is 3.63. The van der Waals surface area contributed by atoms with E-state index in [1.807, 2.05) is 0 Å². The van der Waals surface area contributed by atoms with Crippen molar-refractivity contribution >= 4 is 40.5 Å². The zero-order valence-electron chi connectivity index (χ0n) is 14.7. The summed E-state index contributed by atoms with van der Waals surface area (Å²) in [5.74, 6) is 0.00375. The van der Waals surface area contributed by atoms with Crippen molar-refractivity contribution in [1.29, 1.82) is 0 Å². The second-order valence-electron chi connectivity index (χ2n) is 5.86. The molecule has 6 nitrogen and oxygen atoms in total. The molecule has 150 valence electrons. The number of amidine groups is 1. The molecule has 2 aromatic carbocycles. The van der Waals surface area contributed by atoms with Crippen LogP contribution in [0.25, 0.3) is 6.08 Å². The number of carbonyl (C=O) groups excluding carboxylic acids is 2. The SMILES string of the molecule is NC(=O)COc1ccc(/C=C2\SC(=O)NC2=Nc2cccc(C(F)(F)F)c2)cc1. The fraction of sp³-hybridized carbons (Fsp3) is 0.105. The second-order valence-corrected chi connectivity index (χ2v) is 6.87. The summed E-state index contributed by atoms with van der Waals surface area (Å²) in [6.45, 7) is -0.248. The van der Waals surface area contributed by atoms with Crippen molar-refractivity contribution in [3.05, 3.63) is 64.6 Å². The highest BCUT2D eigenvalue weighted by Crippen LogP contribution is 2.33. The van der Waals surface area contributed by atoms with Gasteiger partial charge in [0.2, 0.25) is 0 Å². The Labute approximate surface area is 167 Å². The van der Waals surface area contributed by atoms with Gasteiger partial charge in [0.25, 0.3) is 11.1 Å². The molecular weight excluding hydrogens is 407 g/mol. The fourth-order valence-corrected chi connectivity index (χ4v) is 3.10. The molecule has 3 rings (SSSR count). The zero-order chi connectivity index (χ0) is 21.0. The molecule has 1 aliphatic heterocycles. The lowest BCUT2D eigenvalue weighted by molar-refractivity contribution is -0.137. The van der Waals surface area contributed by atoms with Gasteiger partial charge in [0.15, 0.2) is 6.61 Å². The van der Waals surface area contributed by atoms with Gasteiger partial charge in [-0.25, -0.2) is 4.99 Å². The van der Waals surface area contributed by atoms with Crippen molar-refractivity contribution in [2.24, 2.45) is 10.7 Å². The number of amides is 2. The number of nitrogens with zero attached hydrogens (tertiary/aromatic N) is 1. The van der Waals surface area contributed by atoms with Crippen LogP contribution in [0.2, 0.25) is 0 Å². The number of halogens is 3. The number of nitrogens with one attached hydrogen (secondary N) is 1. The summed E-state index contributed by atoms with van der Waals surface area (Å²) in [6.07, 6.45) is -2.83. The first-order valence-corrected chi connectivity index (χ1v) is 9.00. The van der Waals surface area contributed by atoms with Gasteiger partial charge in [0.05, 0.1) is 16.2 Å². The van der Waals surface area contributed by atoms with Crippen molar-refractivity contribution < 1.29 is 27.5 Å². The number of benzene rings is 2. The monoisotopic (exact) mass is 421 g/mol. The van der Waals surface area contributed by atoms with Crippen LogP contribution in [0.4, 0.5) is 23.7 Å². The van der Waals surface area contributed by atoms with Gasteiger partial charge in [-0.15, -0.1) is 0 Å². The summed E-state index contributed by atoms with van der Waals surface area (Å²) in [4.78, 5) is 27.1. The summed E-state index contributed by atoms with van der Waals surface area (Å²) >= 11 is 0.881. The highest BCUT2D eigenvalue weighted by molar-refractivity contribution is 8.18. The van der Waals surface area contributed by atoms with Crippen LogP contribution < -0.4 is 15.8 Å². The number of rotatable bonds is 5. The predicted octanol–water partition coefficient (Wildman–Crippen LogP) is 4.10. The molecule has 0 spiro atoms. The van der Waals surface area contributed by atoms with Crippen molar-refractivity contribution in [1.82, 2.24) is 5.32 Å². The van der Waals surface area contributed by atoms with Gasteiger partial charge in [-0.2, -0.15) is 13.2 Å². The van der Waals surface area contributed by atoms with Crippen molar-refractivity contribution in [2.75, 3.05) is 6.61 Å². The summed E-state index contributed by atoms with van der Waals surface area (Å²) in [7, 11) is 0. The Morgan fingerprint density at radius 1 is 1.21 bits per heavy atom. The molecule has 2 amide bonds. The van der Waals surface area contributed by atoms with Gasteiger partial charge in [0, 0.05) is 0 Å². The van der Waals surface area contributed by atoms with Crippen molar-refractivity contribution in [2.45, 2.75) is 6.18 Å². The second kappa shape index (κ2) is 8.39. The first-order valence-electron chi connectivity index (χ1n) is 8.19.